The van der Waals surface area contributed by atoms with Crippen LogP contribution in [0, 0.1) is 19.7 Å². The summed E-state index contributed by atoms with van der Waals surface area (Å²) in [5.41, 5.74) is 2.28. The maximum atomic E-state index is 13.2. The molecule has 1 saturated heterocycles. The van der Waals surface area contributed by atoms with Gasteiger partial charge in [0.25, 0.3) is 0 Å². The second-order valence-electron chi connectivity index (χ2n) is 5.94. The molecule has 2 aromatic rings. The van der Waals surface area contributed by atoms with Crippen molar-refractivity contribution in [1.29, 1.82) is 0 Å². The molecule has 0 aliphatic carbocycles. The summed E-state index contributed by atoms with van der Waals surface area (Å²) in [4.78, 5) is 2.45. The average molecular weight is 287 g/mol. The first-order valence-corrected chi connectivity index (χ1v) is 7.71. The number of nitrogens with zero attached hydrogens (tertiary/aromatic N) is 1. The third-order valence-corrected chi connectivity index (χ3v) is 4.40. The van der Waals surface area contributed by atoms with E-state index in [2.05, 4.69) is 17.9 Å². The molecule has 0 radical (unpaired) electrons. The van der Waals surface area contributed by atoms with E-state index in [-0.39, 0.29) is 11.9 Å². The quantitative estimate of drug-likeness (QED) is 0.819. The lowest BCUT2D eigenvalue weighted by atomic mass is 9.99. The highest BCUT2D eigenvalue weighted by atomic mass is 19.1. The van der Waals surface area contributed by atoms with E-state index in [0.717, 1.165) is 30.2 Å². The zero-order valence-corrected chi connectivity index (χ0v) is 12.7. The van der Waals surface area contributed by atoms with Gasteiger partial charge in [-0.05, 0) is 69.1 Å². The van der Waals surface area contributed by atoms with E-state index in [1.165, 1.54) is 37.0 Å². The minimum Gasteiger partial charge on any atom is -0.464 e. The van der Waals surface area contributed by atoms with Crippen LogP contribution >= 0.6 is 0 Å². The van der Waals surface area contributed by atoms with Crippen molar-refractivity contribution in [3.63, 3.8) is 0 Å². The van der Waals surface area contributed by atoms with Crippen molar-refractivity contribution in [1.82, 2.24) is 4.90 Å². The van der Waals surface area contributed by atoms with E-state index in [4.69, 9.17) is 4.42 Å². The normalized spacial score (nSPS) is 17.9. The smallest absolute Gasteiger partial charge is 0.126 e. The monoisotopic (exact) mass is 287 g/mol. The number of likely N-dealkylation sites (tertiary alicyclic amines) is 1. The molecule has 0 saturated carbocycles. The summed E-state index contributed by atoms with van der Waals surface area (Å²) in [7, 11) is 0. The molecule has 3 rings (SSSR count). The Morgan fingerprint density at radius 3 is 2.29 bits per heavy atom. The van der Waals surface area contributed by atoms with Crippen molar-refractivity contribution < 1.29 is 8.81 Å². The van der Waals surface area contributed by atoms with Gasteiger partial charge >= 0.3 is 0 Å². The number of halogens is 1. The van der Waals surface area contributed by atoms with Gasteiger partial charge in [-0.2, -0.15) is 0 Å². The Balaban J connectivity index is 1.99. The van der Waals surface area contributed by atoms with Gasteiger partial charge in [0.05, 0.1) is 6.04 Å². The SMILES string of the molecule is Cc1cc(C(c2ccc(F)cc2)N2CCCCC2)oc1C. The van der Waals surface area contributed by atoms with E-state index in [0.29, 0.717) is 0 Å². The highest BCUT2D eigenvalue weighted by Gasteiger charge is 2.27. The van der Waals surface area contributed by atoms with Gasteiger partial charge in [0.2, 0.25) is 0 Å². The Labute approximate surface area is 125 Å². The summed E-state index contributed by atoms with van der Waals surface area (Å²) < 4.78 is 19.2. The van der Waals surface area contributed by atoms with E-state index < -0.39 is 0 Å². The van der Waals surface area contributed by atoms with Crippen LogP contribution in [0.25, 0.3) is 0 Å². The summed E-state index contributed by atoms with van der Waals surface area (Å²) in [5.74, 6) is 1.75. The van der Waals surface area contributed by atoms with Crippen LogP contribution in [0.15, 0.2) is 34.7 Å². The molecule has 1 atom stereocenters. The van der Waals surface area contributed by atoms with Gasteiger partial charge in [0, 0.05) is 0 Å². The second kappa shape index (κ2) is 6.02. The van der Waals surface area contributed by atoms with Crippen molar-refractivity contribution in [3.8, 4) is 0 Å². The Morgan fingerprint density at radius 1 is 1.05 bits per heavy atom. The second-order valence-corrected chi connectivity index (χ2v) is 5.94. The molecule has 1 fully saturated rings. The molecule has 2 nitrogen and oxygen atoms in total. The van der Waals surface area contributed by atoms with Crippen LogP contribution in [0.1, 0.15) is 48.0 Å². The molecule has 0 N–H and O–H groups in total. The number of benzene rings is 1. The number of piperidine rings is 1. The van der Waals surface area contributed by atoms with Crippen LogP contribution in [0.4, 0.5) is 4.39 Å². The van der Waals surface area contributed by atoms with Gasteiger partial charge in [-0.15, -0.1) is 0 Å². The molecular weight excluding hydrogens is 265 g/mol. The van der Waals surface area contributed by atoms with Gasteiger partial charge in [-0.1, -0.05) is 18.6 Å². The molecule has 2 heterocycles. The summed E-state index contributed by atoms with van der Waals surface area (Å²) in [6, 6.07) is 9.05. The predicted octanol–water partition coefficient (Wildman–Crippen LogP) is 4.61. The fraction of sp³-hybridized carbons (Fsp3) is 0.444. The first-order valence-electron chi connectivity index (χ1n) is 7.71. The number of hydrogen-bond donors (Lipinski definition) is 0. The third-order valence-electron chi connectivity index (χ3n) is 4.40. The first kappa shape index (κ1) is 14.3. The van der Waals surface area contributed by atoms with E-state index >= 15 is 0 Å². The van der Waals surface area contributed by atoms with Crippen LogP contribution in [0.2, 0.25) is 0 Å². The van der Waals surface area contributed by atoms with Crippen molar-refractivity contribution in [2.45, 2.75) is 39.2 Å². The van der Waals surface area contributed by atoms with Gasteiger partial charge in [-0.25, -0.2) is 4.39 Å². The Hall–Kier alpha value is -1.61. The van der Waals surface area contributed by atoms with Crippen LogP contribution < -0.4 is 0 Å². The largest absolute Gasteiger partial charge is 0.464 e. The fourth-order valence-corrected chi connectivity index (χ4v) is 3.11. The highest BCUT2D eigenvalue weighted by Crippen LogP contribution is 2.33. The summed E-state index contributed by atoms with van der Waals surface area (Å²) in [6.07, 6.45) is 3.73. The maximum Gasteiger partial charge on any atom is 0.126 e. The van der Waals surface area contributed by atoms with Crippen LogP contribution in [-0.2, 0) is 0 Å². The zero-order chi connectivity index (χ0) is 14.8. The minimum atomic E-state index is -0.192. The highest BCUT2D eigenvalue weighted by molar-refractivity contribution is 5.30. The molecule has 0 amide bonds. The minimum absolute atomic E-state index is 0.0956. The Morgan fingerprint density at radius 2 is 1.71 bits per heavy atom. The molecule has 1 aliphatic rings. The van der Waals surface area contributed by atoms with Gasteiger partial charge in [-0.3, -0.25) is 4.90 Å². The van der Waals surface area contributed by atoms with Crippen molar-refractivity contribution in [3.05, 3.63) is 58.8 Å². The maximum absolute atomic E-state index is 13.2. The van der Waals surface area contributed by atoms with Crippen molar-refractivity contribution in [2.75, 3.05) is 13.1 Å². The average Bonchev–Trinajstić information content (AvgIpc) is 2.82. The Bertz CT molecular complexity index is 577. The lowest BCUT2D eigenvalue weighted by Crippen LogP contribution is -2.34. The van der Waals surface area contributed by atoms with Gasteiger partial charge < -0.3 is 4.42 Å². The molecular formula is C18H22FNO. The van der Waals surface area contributed by atoms with Crippen LogP contribution in [-0.4, -0.2) is 18.0 Å². The third kappa shape index (κ3) is 3.03. The summed E-state index contributed by atoms with van der Waals surface area (Å²) >= 11 is 0. The molecule has 112 valence electrons. The molecule has 1 aromatic heterocycles. The zero-order valence-electron chi connectivity index (χ0n) is 12.7. The summed E-state index contributed by atoms with van der Waals surface area (Å²) in [6.45, 7) is 6.21. The van der Waals surface area contributed by atoms with Crippen LogP contribution in [0.3, 0.4) is 0 Å². The van der Waals surface area contributed by atoms with E-state index in [1.54, 1.807) is 0 Å². The number of aryl methyl sites for hydroxylation is 2. The van der Waals surface area contributed by atoms with E-state index in [9.17, 15) is 4.39 Å². The lowest BCUT2D eigenvalue weighted by Gasteiger charge is -2.33. The van der Waals surface area contributed by atoms with Crippen molar-refractivity contribution >= 4 is 0 Å². The molecule has 1 unspecified atom stereocenters. The standard InChI is InChI=1S/C18H22FNO/c1-13-12-17(21-14(13)2)18(20-10-4-3-5-11-20)15-6-8-16(19)9-7-15/h6-9,12,18H,3-5,10-11H2,1-2H3. The molecule has 0 bridgehead atoms. The molecule has 1 aromatic carbocycles. The molecule has 0 spiro atoms. The fourth-order valence-electron chi connectivity index (χ4n) is 3.11. The molecule has 1 aliphatic heterocycles. The number of rotatable bonds is 3. The lowest BCUT2D eigenvalue weighted by molar-refractivity contribution is 0.169. The number of furan rings is 1. The van der Waals surface area contributed by atoms with Crippen LogP contribution in [0.5, 0.6) is 0 Å². The first-order chi connectivity index (χ1) is 10.1. The topological polar surface area (TPSA) is 16.4 Å². The predicted molar refractivity (Wildman–Crippen MR) is 81.8 cm³/mol. The van der Waals surface area contributed by atoms with Crippen molar-refractivity contribution in [2.24, 2.45) is 0 Å². The summed E-state index contributed by atoms with van der Waals surface area (Å²) in [5, 5.41) is 0. The molecule has 21 heavy (non-hydrogen) atoms. The molecule has 3 heteroatoms. The van der Waals surface area contributed by atoms with E-state index in [1.807, 2.05) is 19.1 Å². The Kier molecular flexibility index (Phi) is 4.11. The van der Waals surface area contributed by atoms with Gasteiger partial charge in [0.1, 0.15) is 17.3 Å². The number of hydrogen-bond acceptors (Lipinski definition) is 2. The van der Waals surface area contributed by atoms with Gasteiger partial charge in [0.15, 0.2) is 0 Å².